The molecular formula is C20H25ClN4O5S. The summed E-state index contributed by atoms with van der Waals surface area (Å²) in [7, 11) is -0.582. The smallest absolute Gasteiger partial charge is 0.238 e. The summed E-state index contributed by atoms with van der Waals surface area (Å²) in [4.78, 5) is 26.0. The van der Waals surface area contributed by atoms with E-state index in [1.165, 1.54) is 19.2 Å². The number of sulfonamides is 1. The second-order valence-corrected chi connectivity index (χ2v) is 8.85. The molecule has 2 amide bonds. The zero-order valence-electron chi connectivity index (χ0n) is 17.2. The van der Waals surface area contributed by atoms with E-state index in [9.17, 15) is 18.0 Å². The molecule has 0 radical (unpaired) electrons. The minimum Gasteiger partial charge on any atom is -0.495 e. The summed E-state index contributed by atoms with van der Waals surface area (Å²) in [5, 5.41) is 11.0. The zero-order chi connectivity index (χ0) is 23.0. The predicted octanol–water partition coefficient (Wildman–Crippen LogP) is 1.23. The maximum absolute atomic E-state index is 12.2. The van der Waals surface area contributed by atoms with Gasteiger partial charge in [0.2, 0.25) is 21.8 Å². The summed E-state index contributed by atoms with van der Waals surface area (Å²) in [6.07, 6.45) is 0.523. The van der Waals surface area contributed by atoms with Crippen LogP contribution in [0.2, 0.25) is 5.02 Å². The van der Waals surface area contributed by atoms with Gasteiger partial charge < -0.3 is 15.4 Å². The number of nitrogens with two attached hydrogens (primary N) is 1. The SMILES string of the molecule is COc1ccc(Cl)cc1NC(=O)CN(C)CC(=O)NCCc1ccc(S(N)(=O)=O)cc1. The Kier molecular flexibility index (Phi) is 8.81. The predicted molar refractivity (Wildman–Crippen MR) is 119 cm³/mol. The molecule has 31 heavy (non-hydrogen) atoms. The number of ether oxygens (including phenoxy) is 1. The van der Waals surface area contributed by atoms with Crippen molar-refractivity contribution in [2.24, 2.45) is 5.14 Å². The molecule has 0 bridgehead atoms. The van der Waals surface area contributed by atoms with Gasteiger partial charge in [0, 0.05) is 11.6 Å². The number of likely N-dealkylation sites (N-methyl/N-ethyl adjacent to an activating group) is 1. The van der Waals surface area contributed by atoms with Gasteiger partial charge in [-0.2, -0.15) is 0 Å². The third-order valence-corrected chi connectivity index (χ3v) is 5.41. The van der Waals surface area contributed by atoms with E-state index >= 15 is 0 Å². The van der Waals surface area contributed by atoms with E-state index in [0.717, 1.165) is 5.56 Å². The quantitative estimate of drug-likeness (QED) is 0.480. The van der Waals surface area contributed by atoms with Crippen LogP contribution < -0.4 is 20.5 Å². The fourth-order valence-corrected chi connectivity index (χ4v) is 3.45. The molecule has 2 aromatic rings. The molecular weight excluding hydrogens is 444 g/mol. The van der Waals surface area contributed by atoms with Crippen molar-refractivity contribution in [1.82, 2.24) is 10.2 Å². The number of hydrogen-bond acceptors (Lipinski definition) is 6. The summed E-state index contributed by atoms with van der Waals surface area (Å²) < 4.78 is 27.7. The molecule has 168 valence electrons. The summed E-state index contributed by atoms with van der Waals surface area (Å²) in [5.41, 5.74) is 1.31. The van der Waals surface area contributed by atoms with Gasteiger partial charge in [0.25, 0.3) is 0 Å². The molecule has 0 atom stereocenters. The van der Waals surface area contributed by atoms with Gasteiger partial charge in [-0.1, -0.05) is 23.7 Å². The van der Waals surface area contributed by atoms with E-state index in [2.05, 4.69) is 10.6 Å². The standard InChI is InChI=1S/C20H25ClN4O5S/c1-25(13-20(27)24-17-11-15(21)5-8-18(17)30-2)12-19(26)23-10-9-14-3-6-16(7-4-14)31(22,28)29/h3-8,11H,9-10,12-13H2,1-2H3,(H,23,26)(H,24,27)(H2,22,28,29). The number of carbonyl (C=O) groups is 2. The topological polar surface area (TPSA) is 131 Å². The summed E-state index contributed by atoms with van der Waals surface area (Å²) in [5.74, 6) is -0.0714. The maximum atomic E-state index is 12.2. The molecule has 0 saturated heterocycles. The van der Waals surface area contributed by atoms with Crippen LogP contribution in [-0.4, -0.2) is 58.9 Å². The van der Waals surface area contributed by atoms with Crippen LogP contribution in [0.3, 0.4) is 0 Å². The fraction of sp³-hybridized carbons (Fsp3) is 0.300. The van der Waals surface area contributed by atoms with Crippen LogP contribution in [0.15, 0.2) is 47.4 Å². The molecule has 2 rings (SSSR count). The molecule has 0 aliphatic heterocycles. The Labute approximate surface area is 186 Å². The first-order valence-electron chi connectivity index (χ1n) is 9.29. The Hall–Kier alpha value is -2.66. The highest BCUT2D eigenvalue weighted by molar-refractivity contribution is 7.89. The third kappa shape index (κ3) is 8.18. The lowest BCUT2D eigenvalue weighted by Crippen LogP contribution is -2.39. The zero-order valence-corrected chi connectivity index (χ0v) is 18.8. The van der Waals surface area contributed by atoms with Crippen LogP contribution in [-0.2, 0) is 26.0 Å². The fourth-order valence-electron chi connectivity index (χ4n) is 2.76. The Morgan fingerprint density at radius 2 is 1.74 bits per heavy atom. The maximum Gasteiger partial charge on any atom is 0.238 e. The summed E-state index contributed by atoms with van der Waals surface area (Å²) >= 11 is 5.95. The van der Waals surface area contributed by atoms with Gasteiger partial charge in [0.05, 0.1) is 30.8 Å². The number of nitrogens with one attached hydrogen (secondary N) is 2. The molecule has 0 fully saturated rings. The van der Waals surface area contributed by atoms with Crippen molar-refractivity contribution in [3.63, 3.8) is 0 Å². The molecule has 0 aromatic heterocycles. The first-order valence-corrected chi connectivity index (χ1v) is 11.2. The molecule has 0 aliphatic rings. The largest absolute Gasteiger partial charge is 0.495 e. The minimum absolute atomic E-state index is 0.00187. The Balaban J connectivity index is 1.75. The lowest BCUT2D eigenvalue weighted by Gasteiger charge is -2.17. The van der Waals surface area contributed by atoms with Crippen molar-refractivity contribution < 1.29 is 22.7 Å². The average molecular weight is 469 g/mol. The monoisotopic (exact) mass is 468 g/mol. The average Bonchev–Trinajstić information content (AvgIpc) is 2.67. The van der Waals surface area contributed by atoms with Crippen molar-refractivity contribution in [1.29, 1.82) is 0 Å². The normalized spacial score (nSPS) is 11.3. The molecule has 0 heterocycles. The third-order valence-electron chi connectivity index (χ3n) is 4.25. The van der Waals surface area contributed by atoms with Crippen molar-refractivity contribution in [2.75, 3.05) is 39.1 Å². The minimum atomic E-state index is -3.72. The molecule has 2 aromatic carbocycles. The molecule has 11 heteroatoms. The lowest BCUT2D eigenvalue weighted by atomic mass is 10.1. The second kappa shape index (κ2) is 11.1. The first kappa shape index (κ1) is 24.6. The number of anilines is 1. The Morgan fingerprint density at radius 3 is 2.35 bits per heavy atom. The van der Waals surface area contributed by atoms with Crippen molar-refractivity contribution in [3.8, 4) is 5.75 Å². The number of primary sulfonamides is 1. The van der Waals surface area contributed by atoms with Gasteiger partial charge >= 0.3 is 0 Å². The summed E-state index contributed by atoms with van der Waals surface area (Å²) in [6.45, 7) is 0.399. The Morgan fingerprint density at radius 1 is 1.10 bits per heavy atom. The van der Waals surface area contributed by atoms with Crippen LogP contribution in [0.5, 0.6) is 5.75 Å². The van der Waals surface area contributed by atoms with Crippen molar-refractivity contribution in [3.05, 3.63) is 53.1 Å². The van der Waals surface area contributed by atoms with Gasteiger partial charge in [-0.05, 0) is 49.4 Å². The number of amides is 2. The number of benzene rings is 2. The van der Waals surface area contributed by atoms with Gasteiger partial charge in [-0.15, -0.1) is 0 Å². The van der Waals surface area contributed by atoms with Crippen LogP contribution in [0.4, 0.5) is 5.69 Å². The molecule has 0 spiro atoms. The van der Waals surface area contributed by atoms with E-state index in [1.807, 2.05) is 0 Å². The molecule has 4 N–H and O–H groups in total. The molecule has 0 unspecified atom stereocenters. The molecule has 0 aliphatic carbocycles. The van der Waals surface area contributed by atoms with E-state index < -0.39 is 10.0 Å². The van der Waals surface area contributed by atoms with Gasteiger partial charge in [0.1, 0.15) is 5.75 Å². The molecule has 0 saturated carbocycles. The van der Waals surface area contributed by atoms with E-state index in [4.69, 9.17) is 21.5 Å². The highest BCUT2D eigenvalue weighted by atomic mass is 35.5. The van der Waals surface area contributed by atoms with Crippen molar-refractivity contribution >= 4 is 39.1 Å². The highest BCUT2D eigenvalue weighted by Gasteiger charge is 2.13. The van der Waals surface area contributed by atoms with Crippen LogP contribution in [0.25, 0.3) is 0 Å². The van der Waals surface area contributed by atoms with Crippen LogP contribution >= 0.6 is 11.6 Å². The lowest BCUT2D eigenvalue weighted by molar-refractivity contribution is -0.122. The number of carbonyl (C=O) groups excluding carboxylic acids is 2. The number of rotatable bonds is 10. The van der Waals surface area contributed by atoms with Gasteiger partial charge in [0.15, 0.2) is 0 Å². The highest BCUT2D eigenvalue weighted by Crippen LogP contribution is 2.27. The van der Waals surface area contributed by atoms with Crippen LogP contribution in [0.1, 0.15) is 5.56 Å². The number of hydrogen-bond donors (Lipinski definition) is 3. The number of methoxy groups -OCH3 is 1. The molecule has 9 nitrogen and oxygen atoms in total. The van der Waals surface area contributed by atoms with E-state index in [1.54, 1.807) is 42.3 Å². The first-order chi connectivity index (χ1) is 14.6. The number of halogens is 1. The van der Waals surface area contributed by atoms with E-state index in [-0.39, 0.29) is 29.8 Å². The van der Waals surface area contributed by atoms with Crippen molar-refractivity contribution in [2.45, 2.75) is 11.3 Å². The second-order valence-electron chi connectivity index (χ2n) is 6.85. The van der Waals surface area contributed by atoms with Gasteiger partial charge in [-0.3, -0.25) is 14.5 Å². The number of nitrogens with zero attached hydrogens (tertiary/aromatic N) is 1. The van der Waals surface area contributed by atoms with Crippen LogP contribution in [0, 0.1) is 0 Å². The van der Waals surface area contributed by atoms with E-state index in [0.29, 0.717) is 29.4 Å². The summed E-state index contributed by atoms with van der Waals surface area (Å²) in [6, 6.07) is 11.0. The van der Waals surface area contributed by atoms with Gasteiger partial charge in [-0.25, -0.2) is 13.6 Å². The Bertz CT molecular complexity index is 1030.